The van der Waals surface area contributed by atoms with Crippen molar-refractivity contribution >= 4 is 0 Å². The maximum Gasteiger partial charge on any atom is -0.0269 e. The van der Waals surface area contributed by atoms with Gasteiger partial charge >= 0.3 is 0 Å². The third-order valence-corrected chi connectivity index (χ3v) is 7.06. The van der Waals surface area contributed by atoms with Crippen molar-refractivity contribution in [2.45, 2.75) is 123 Å². The van der Waals surface area contributed by atoms with E-state index in [0.717, 1.165) is 17.3 Å². The Labute approximate surface area is 140 Å². The smallest absolute Gasteiger partial charge is 0.0269 e. The molecule has 0 N–H and O–H groups in total. The van der Waals surface area contributed by atoms with Gasteiger partial charge in [-0.1, -0.05) is 90.9 Å². The molecule has 2 rings (SSSR count). The van der Waals surface area contributed by atoms with Crippen LogP contribution >= 0.6 is 0 Å². The van der Waals surface area contributed by atoms with E-state index in [-0.39, 0.29) is 0 Å². The van der Waals surface area contributed by atoms with Crippen LogP contribution in [0.15, 0.2) is 0 Å². The highest BCUT2D eigenvalue weighted by Gasteiger charge is 2.40. The Balaban J connectivity index is 1.81. The first-order valence-corrected chi connectivity index (χ1v) is 10.8. The Morgan fingerprint density at radius 1 is 0.727 bits per heavy atom. The summed E-state index contributed by atoms with van der Waals surface area (Å²) in [5, 5.41) is 0. The summed E-state index contributed by atoms with van der Waals surface area (Å²) >= 11 is 0. The second-order valence-corrected chi connectivity index (χ2v) is 8.59. The molecule has 130 valence electrons. The fourth-order valence-electron chi connectivity index (χ4n) is 5.59. The molecule has 0 aromatic carbocycles. The van der Waals surface area contributed by atoms with Crippen LogP contribution in [0.5, 0.6) is 0 Å². The normalized spacial score (nSPS) is 28.6. The van der Waals surface area contributed by atoms with Crippen molar-refractivity contribution in [2.75, 3.05) is 0 Å². The first-order valence-electron chi connectivity index (χ1n) is 10.8. The summed E-state index contributed by atoms with van der Waals surface area (Å²) in [7, 11) is 0. The van der Waals surface area contributed by atoms with Crippen molar-refractivity contribution in [1.82, 2.24) is 0 Å². The van der Waals surface area contributed by atoms with E-state index in [1.54, 1.807) is 44.9 Å². The van der Waals surface area contributed by atoms with Crippen molar-refractivity contribution < 1.29 is 0 Å². The lowest BCUT2D eigenvalue weighted by atomic mass is 9.58. The summed E-state index contributed by atoms with van der Waals surface area (Å²) in [5.74, 6) is 2.17. The molecule has 0 saturated heterocycles. The van der Waals surface area contributed by atoms with E-state index >= 15 is 0 Å². The number of hydrogen-bond donors (Lipinski definition) is 0. The molecular formula is C22H42. The third kappa shape index (κ3) is 5.27. The second-order valence-electron chi connectivity index (χ2n) is 8.59. The zero-order chi connectivity index (χ0) is 15.7. The van der Waals surface area contributed by atoms with Gasteiger partial charge in [0.1, 0.15) is 0 Å². The largest absolute Gasteiger partial charge is 0.0654 e. The summed E-state index contributed by atoms with van der Waals surface area (Å²) in [4.78, 5) is 0. The maximum atomic E-state index is 2.36. The molecule has 2 fully saturated rings. The molecule has 0 atom stereocenters. The van der Waals surface area contributed by atoms with Crippen LogP contribution in [0.2, 0.25) is 0 Å². The zero-order valence-electron chi connectivity index (χ0n) is 15.7. The summed E-state index contributed by atoms with van der Waals surface area (Å²) in [6.45, 7) is 4.69. The standard InChI is InChI=1S/C22H42/c1-3-5-8-12-20-13-15-21(16-14-20)22(17-9-6-4-2)18-10-7-11-19-22/h20-21H,3-19H2,1-2H3. The van der Waals surface area contributed by atoms with Crippen molar-refractivity contribution in [1.29, 1.82) is 0 Å². The lowest BCUT2D eigenvalue weighted by Gasteiger charge is -2.47. The molecule has 0 bridgehead atoms. The Hall–Kier alpha value is 0. The van der Waals surface area contributed by atoms with E-state index in [0.29, 0.717) is 0 Å². The first kappa shape index (κ1) is 18.3. The quantitative estimate of drug-likeness (QED) is 0.380. The topological polar surface area (TPSA) is 0 Å². The van der Waals surface area contributed by atoms with Crippen LogP contribution in [0.25, 0.3) is 0 Å². The SMILES string of the molecule is CCCCCC1CCC(C2(CCCCC)CCCCC2)CC1. The second kappa shape index (κ2) is 9.99. The van der Waals surface area contributed by atoms with Gasteiger partial charge in [-0.25, -0.2) is 0 Å². The van der Waals surface area contributed by atoms with Crippen LogP contribution in [0.4, 0.5) is 0 Å². The van der Waals surface area contributed by atoms with Gasteiger partial charge < -0.3 is 0 Å². The molecule has 0 amide bonds. The fraction of sp³-hybridized carbons (Fsp3) is 1.00. The van der Waals surface area contributed by atoms with Crippen LogP contribution in [0.3, 0.4) is 0 Å². The minimum atomic E-state index is 0.780. The van der Waals surface area contributed by atoms with E-state index in [4.69, 9.17) is 0 Å². The number of rotatable bonds is 9. The lowest BCUT2D eigenvalue weighted by molar-refractivity contribution is 0.0424. The molecule has 22 heavy (non-hydrogen) atoms. The van der Waals surface area contributed by atoms with E-state index in [1.807, 2.05) is 0 Å². The van der Waals surface area contributed by atoms with E-state index in [2.05, 4.69) is 13.8 Å². The molecule has 2 aliphatic rings. The minimum Gasteiger partial charge on any atom is -0.0654 e. The molecule has 0 aromatic heterocycles. The van der Waals surface area contributed by atoms with Crippen molar-refractivity contribution in [3.05, 3.63) is 0 Å². The molecule has 0 spiro atoms. The van der Waals surface area contributed by atoms with Gasteiger partial charge in [0, 0.05) is 0 Å². The van der Waals surface area contributed by atoms with Crippen LogP contribution < -0.4 is 0 Å². The Morgan fingerprint density at radius 2 is 1.36 bits per heavy atom. The molecule has 0 aromatic rings. The molecular weight excluding hydrogens is 264 g/mol. The molecule has 0 heterocycles. The van der Waals surface area contributed by atoms with E-state index < -0.39 is 0 Å². The maximum absolute atomic E-state index is 2.36. The Bertz CT molecular complexity index is 266. The van der Waals surface area contributed by atoms with Gasteiger partial charge in [-0.3, -0.25) is 0 Å². The van der Waals surface area contributed by atoms with Gasteiger partial charge in [0.05, 0.1) is 0 Å². The summed E-state index contributed by atoms with van der Waals surface area (Å²) in [5.41, 5.74) is 0.780. The molecule has 0 nitrogen and oxygen atoms in total. The molecule has 2 aliphatic carbocycles. The monoisotopic (exact) mass is 306 g/mol. The molecule has 0 radical (unpaired) electrons. The van der Waals surface area contributed by atoms with Gasteiger partial charge in [-0.15, -0.1) is 0 Å². The third-order valence-electron chi connectivity index (χ3n) is 7.06. The summed E-state index contributed by atoms with van der Waals surface area (Å²) in [6.07, 6.45) is 25.8. The predicted molar refractivity (Wildman–Crippen MR) is 99.3 cm³/mol. The Kier molecular flexibility index (Phi) is 8.33. The molecule has 0 aliphatic heterocycles. The fourth-order valence-corrected chi connectivity index (χ4v) is 5.59. The van der Waals surface area contributed by atoms with E-state index in [1.165, 1.54) is 64.2 Å². The van der Waals surface area contributed by atoms with Crippen LogP contribution in [-0.2, 0) is 0 Å². The molecule has 0 heteroatoms. The van der Waals surface area contributed by atoms with Crippen molar-refractivity contribution in [2.24, 2.45) is 17.3 Å². The molecule has 2 saturated carbocycles. The van der Waals surface area contributed by atoms with Crippen molar-refractivity contribution in [3.8, 4) is 0 Å². The van der Waals surface area contributed by atoms with Crippen molar-refractivity contribution in [3.63, 3.8) is 0 Å². The van der Waals surface area contributed by atoms with Gasteiger partial charge in [-0.2, -0.15) is 0 Å². The van der Waals surface area contributed by atoms with Gasteiger partial charge in [0.15, 0.2) is 0 Å². The van der Waals surface area contributed by atoms with E-state index in [9.17, 15) is 0 Å². The zero-order valence-corrected chi connectivity index (χ0v) is 15.7. The minimum absolute atomic E-state index is 0.780. The average molecular weight is 307 g/mol. The number of hydrogen-bond acceptors (Lipinski definition) is 0. The highest BCUT2D eigenvalue weighted by molar-refractivity contribution is 4.91. The lowest BCUT2D eigenvalue weighted by Crippen LogP contribution is -2.35. The Morgan fingerprint density at radius 3 is 2.00 bits per heavy atom. The highest BCUT2D eigenvalue weighted by atomic mass is 14.5. The predicted octanol–water partition coefficient (Wildman–Crippen LogP) is 7.90. The summed E-state index contributed by atoms with van der Waals surface area (Å²) in [6, 6.07) is 0. The average Bonchev–Trinajstić information content (AvgIpc) is 2.57. The van der Waals surface area contributed by atoms with Crippen LogP contribution in [0.1, 0.15) is 123 Å². The molecule has 0 unspecified atom stereocenters. The number of unbranched alkanes of at least 4 members (excludes halogenated alkanes) is 4. The van der Waals surface area contributed by atoms with Gasteiger partial charge in [0.25, 0.3) is 0 Å². The van der Waals surface area contributed by atoms with Gasteiger partial charge in [0.2, 0.25) is 0 Å². The summed E-state index contributed by atoms with van der Waals surface area (Å²) < 4.78 is 0. The van der Waals surface area contributed by atoms with Crippen LogP contribution in [-0.4, -0.2) is 0 Å². The highest BCUT2D eigenvalue weighted by Crippen LogP contribution is 2.52. The van der Waals surface area contributed by atoms with Crippen LogP contribution in [0, 0.1) is 17.3 Å². The van der Waals surface area contributed by atoms with Gasteiger partial charge in [-0.05, 0) is 49.4 Å². The first-order chi connectivity index (χ1) is 10.8.